The molecule has 0 saturated heterocycles. The predicted molar refractivity (Wildman–Crippen MR) is 95.2 cm³/mol. The van der Waals surface area contributed by atoms with E-state index in [-0.39, 0.29) is 0 Å². The van der Waals surface area contributed by atoms with Crippen molar-refractivity contribution in [3.63, 3.8) is 0 Å². The number of halogens is 3. The fraction of sp³-hybridized carbons (Fsp3) is 0.0588. The number of benzene rings is 2. The highest BCUT2D eigenvalue weighted by atomic mass is 35.5. The van der Waals surface area contributed by atoms with E-state index in [1.807, 2.05) is 31.2 Å². The molecule has 5 heteroatoms. The van der Waals surface area contributed by atoms with E-state index in [0.29, 0.717) is 20.9 Å². The molecule has 0 aliphatic carbocycles. The molecule has 1 heterocycles. The molecule has 2 aromatic carbocycles. The van der Waals surface area contributed by atoms with Crippen LogP contribution in [0.15, 0.2) is 47.5 Å². The van der Waals surface area contributed by atoms with Gasteiger partial charge in [0, 0.05) is 22.2 Å². The van der Waals surface area contributed by atoms with Gasteiger partial charge < -0.3 is 0 Å². The summed E-state index contributed by atoms with van der Waals surface area (Å²) in [7, 11) is 0. The summed E-state index contributed by atoms with van der Waals surface area (Å²) < 4.78 is 0. The average Bonchev–Trinajstić information content (AvgIpc) is 2.49. The first-order chi connectivity index (χ1) is 10.5. The number of aryl methyl sites for hydroxylation is 1. The van der Waals surface area contributed by atoms with Crippen LogP contribution in [0.5, 0.6) is 0 Å². The van der Waals surface area contributed by atoms with Gasteiger partial charge in [0.15, 0.2) is 0 Å². The number of nitrogens with zero attached hydrogens (tertiary/aromatic N) is 2. The maximum Gasteiger partial charge on any atom is 0.138 e. The molecule has 0 aliphatic heterocycles. The Morgan fingerprint density at radius 2 is 1.86 bits per heavy atom. The molecule has 0 atom stereocenters. The fourth-order valence-corrected chi connectivity index (χ4v) is 2.68. The highest BCUT2D eigenvalue weighted by molar-refractivity contribution is 6.35. The summed E-state index contributed by atoms with van der Waals surface area (Å²) in [5, 5.41) is 2.53. The Morgan fingerprint density at radius 1 is 1.05 bits per heavy atom. The van der Waals surface area contributed by atoms with Crippen LogP contribution in [0.2, 0.25) is 15.2 Å². The zero-order valence-corrected chi connectivity index (χ0v) is 13.9. The third-order valence-corrected chi connectivity index (χ3v) is 4.14. The van der Waals surface area contributed by atoms with Gasteiger partial charge in [-0.1, -0.05) is 53.0 Å². The van der Waals surface area contributed by atoms with Gasteiger partial charge in [0.2, 0.25) is 0 Å². The Kier molecular flexibility index (Phi) is 4.34. The van der Waals surface area contributed by atoms with Crippen LogP contribution in [0.25, 0.3) is 10.9 Å². The first-order valence-electron chi connectivity index (χ1n) is 6.59. The largest absolute Gasteiger partial charge is 0.255 e. The fourth-order valence-electron chi connectivity index (χ4n) is 2.16. The monoisotopic (exact) mass is 348 g/mol. The van der Waals surface area contributed by atoms with Crippen molar-refractivity contribution in [2.45, 2.75) is 6.92 Å². The van der Waals surface area contributed by atoms with E-state index in [1.54, 1.807) is 24.4 Å². The number of hydrogen-bond acceptors (Lipinski definition) is 2. The Morgan fingerprint density at radius 3 is 2.68 bits per heavy atom. The summed E-state index contributed by atoms with van der Waals surface area (Å²) >= 11 is 18.3. The van der Waals surface area contributed by atoms with Gasteiger partial charge in [-0.05, 0) is 36.8 Å². The normalized spacial score (nSPS) is 11.5. The van der Waals surface area contributed by atoms with Gasteiger partial charge in [-0.2, -0.15) is 0 Å². The molecule has 0 saturated carbocycles. The van der Waals surface area contributed by atoms with E-state index < -0.39 is 0 Å². The SMILES string of the molecule is Cc1cccc2cc(C=Nc3cc(Cl)ccc3Cl)c(Cl)nc12. The van der Waals surface area contributed by atoms with Gasteiger partial charge in [-0.15, -0.1) is 0 Å². The standard InChI is InChI=1S/C17H11Cl3N2/c1-10-3-2-4-11-7-12(17(20)22-16(10)11)9-21-15-8-13(18)5-6-14(15)19/h2-9H,1H3. The first-order valence-corrected chi connectivity index (χ1v) is 7.73. The number of aliphatic imine (C=N–C) groups is 1. The minimum absolute atomic E-state index is 0.406. The molecule has 0 N–H and O–H groups in total. The summed E-state index contributed by atoms with van der Waals surface area (Å²) in [5.41, 5.74) is 3.30. The van der Waals surface area contributed by atoms with Gasteiger partial charge in [-0.3, -0.25) is 4.99 Å². The van der Waals surface area contributed by atoms with Crippen LogP contribution in [0.1, 0.15) is 11.1 Å². The number of rotatable bonds is 2. The van der Waals surface area contributed by atoms with Gasteiger partial charge in [0.25, 0.3) is 0 Å². The number of para-hydroxylation sites is 1. The van der Waals surface area contributed by atoms with Crippen LogP contribution in [-0.4, -0.2) is 11.2 Å². The zero-order valence-electron chi connectivity index (χ0n) is 11.6. The third kappa shape index (κ3) is 3.09. The van der Waals surface area contributed by atoms with Crippen molar-refractivity contribution in [2.75, 3.05) is 0 Å². The maximum absolute atomic E-state index is 6.25. The number of pyridine rings is 1. The van der Waals surface area contributed by atoms with E-state index in [0.717, 1.165) is 22.0 Å². The second-order valence-corrected chi connectivity index (χ2v) is 6.07. The van der Waals surface area contributed by atoms with Crippen molar-refractivity contribution in [3.05, 3.63) is 68.8 Å². The molecular formula is C17H11Cl3N2. The number of fused-ring (bicyclic) bond motifs is 1. The van der Waals surface area contributed by atoms with Crippen LogP contribution in [0.4, 0.5) is 5.69 Å². The zero-order chi connectivity index (χ0) is 15.7. The lowest BCUT2D eigenvalue weighted by Gasteiger charge is -2.04. The summed E-state index contributed by atoms with van der Waals surface area (Å²) in [4.78, 5) is 8.80. The molecule has 3 aromatic rings. The van der Waals surface area contributed by atoms with Crippen LogP contribution in [-0.2, 0) is 0 Å². The molecule has 22 heavy (non-hydrogen) atoms. The van der Waals surface area contributed by atoms with Crippen molar-refractivity contribution >= 4 is 57.6 Å². The predicted octanol–water partition coefficient (Wildman–Crippen LogP) is 6.25. The molecule has 3 rings (SSSR count). The number of aromatic nitrogens is 1. The molecule has 2 nitrogen and oxygen atoms in total. The molecular weight excluding hydrogens is 339 g/mol. The Balaban J connectivity index is 2.05. The summed E-state index contributed by atoms with van der Waals surface area (Å²) in [6, 6.07) is 13.1. The molecule has 0 aliphatic rings. The molecule has 0 bridgehead atoms. The second kappa shape index (κ2) is 6.25. The lowest BCUT2D eigenvalue weighted by atomic mass is 10.1. The molecule has 110 valence electrons. The quantitative estimate of drug-likeness (QED) is 0.396. The van der Waals surface area contributed by atoms with Crippen molar-refractivity contribution in [1.29, 1.82) is 0 Å². The number of hydrogen-bond donors (Lipinski definition) is 0. The molecule has 1 aromatic heterocycles. The van der Waals surface area contributed by atoms with Crippen molar-refractivity contribution in [1.82, 2.24) is 4.98 Å². The molecule has 0 spiro atoms. The van der Waals surface area contributed by atoms with Crippen LogP contribution in [0, 0.1) is 6.92 Å². The maximum atomic E-state index is 6.25. The lowest BCUT2D eigenvalue weighted by Crippen LogP contribution is -1.90. The van der Waals surface area contributed by atoms with Crippen LogP contribution < -0.4 is 0 Å². The topological polar surface area (TPSA) is 25.2 Å². The van der Waals surface area contributed by atoms with Crippen molar-refractivity contribution in [2.24, 2.45) is 4.99 Å². The van der Waals surface area contributed by atoms with Gasteiger partial charge >= 0.3 is 0 Å². The van der Waals surface area contributed by atoms with E-state index in [4.69, 9.17) is 34.8 Å². The summed E-state index contributed by atoms with van der Waals surface area (Å²) in [5.74, 6) is 0. The van der Waals surface area contributed by atoms with E-state index in [9.17, 15) is 0 Å². The summed E-state index contributed by atoms with van der Waals surface area (Å²) in [6.45, 7) is 2.01. The second-order valence-electron chi connectivity index (χ2n) is 4.87. The van der Waals surface area contributed by atoms with Crippen molar-refractivity contribution in [3.8, 4) is 0 Å². The van der Waals surface area contributed by atoms with Crippen LogP contribution >= 0.6 is 34.8 Å². The Hall–Kier alpha value is -1.61. The lowest BCUT2D eigenvalue weighted by molar-refractivity contribution is 1.36. The van der Waals surface area contributed by atoms with Gasteiger partial charge in [-0.25, -0.2) is 4.98 Å². The summed E-state index contributed by atoms with van der Waals surface area (Å²) in [6.07, 6.45) is 1.65. The van der Waals surface area contributed by atoms with Gasteiger partial charge in [0.05, 0.1) is 16.2 Å². The molecule has 0 fully saturated rings. The minimum Gasteiger partial charge on any atom is -0.255 e. The minimum atomic E-state index is 0.406. The third-order valence-electron chi connectivity index (χ3n) is 3.28. The van der Waals surface area contributed by atoms with Crippen molar-refractivity contribution < 1.29 is 0 Å². The molecule has 0 radical (unpaired) electrons. The Bertz CT molecular complexity index is 888. The van der Waals surface area contributed by atoms with Gasteiger partial charge in [0.1, 0.15) is 5.15 Å². The molecule has 0 unspecified atom stereocenters. The van der Waals surface area contributed by atoms with Crippen LogP contribution in [0.3, 0.4) is 0 Å². The van der Waals surface area contributed by atoms with E-state index in [1.165, 1.54) is 0 Å². The Labute approximate surface area is 143 Å². The highest BCUT2D eigenvalue weighted by Gasteiger charge is 2.05. The first kappa shape index (κ1) is 15.3. The highest BCUT2D eigenvalue weighted by Crippen LogP contribution is 2.28. The molecule has 0 amide bonds. The average molecular weight is 350 g/mol. The van der Waals surface area contributed by atoms with E-state index in [2.05, 4.69) is 9.98 Å². The van der Waals surface area contributed by atoms with E-state index >= 15 is 0 Å². The smallest absolute Gasteiger partial charge is 0.138 e.